The number of nitrogens with one attached hydrogen (secondary N) is 2. The van der Waals surface area contributed by atoms with Gasteiger partial charge in [-0.3, -0.25) is 0 Å². The zero-order chi connectivity index (χ0) is 11.7. The SMILES string of the molecule is COC(=O)NCC(CNC(=O)OC)OC. The summed E-state index contributed by atoms with van der Waals surface area (Å²) < 4.78 is 13.7. The first kappa shape index (κ1) is 13.5. The van der Waals surface area contributed by atoms with Crippen LogP contribution in [0, 0.1) is 0 Å². The number of hydrogen-bond acceptors (Lipinski definition) is 5. The lowest BCUT2D eigenvalue weighted by Gasteiger charge is -2.15. The maximum atomic E-state index is 10.7. The molecule has 0 unspecified atom stereocenters. The first-order valence-electron chi connectivity index (χ1n) is 4.30. The standard InChI is InChI=1S/C8H16N2O5/c1-13-6(4-9-7(11)14-2)5-10-8(12)15-3/h6H,4-5H2,1-3H3,(H,9,11)(H,10,12). The van der Waals surface area contributed by atoms with Crippen LogP contribution in [0.5, 0.6) is 0 Å². The number of amides is 2. The van der Waals surface area contributed by atoms with E-state index in [0.29, 0.717) is 0 Å². The lowest BCUT2D eigenvalue weighted by atomic mass is 10.3. The summed E-state index contributed by atoms with van der Waals surface area (Å²) in [5.74, 6) is 0. The highest BCUT2D eigenvalue weighted by molar-refractivity contribution is 5.67. The highest BCUT2D eigenvalue weighted by atomic mass is 16.5. The smallest absolute Gasteiger partial charge is 0.406 e. The zero-order valence-corrected chi connectivity index (χ0v) is 9.03. The summed E-state index contributed by atoms with van der Waals surface area (Å²) in [6.45, 7) is 0.486. The van der Waals surface area contributed by atoms with Crippen molar-refractivity contribution in [2.75, 3.05) is 34.4 Å². The van der Waals surface area contributed by atoms with E-state index in [2.05, 4.69) is 20.1 Å². The summed E-state index contributed by atoms with van der Waals surface area (Å²) in [6, 6.07) is 0. The van der Waals surface area contributed by atoms with Gasteiger partial charge in [-0.05, 0) is 0 Å². The first-order valence-corrected chi connectivity index (χ1v) is 4.30. The molecule has 0 aromatic rings. The van der Waals surface area contributed by atoms with Gasteiger partial charge in [0, 0.05) is 20.2 Å². The molecule has 0 spiro atoms. The van der Waals surface area contributed by atoms with Crippen molar-refractivity contribution in [3.8, 4) is 0 Å². The largest absolute Gasteiger partial charge is 0.453 e. The second kappa shape index (κ2) is 7.86. The molecule has 0 bridgehead atoms. The Morgan fingerprint density at radius 2 is 1.40 bits per heavy atom. The molecule has 2 amide bonds. The molecule has 0 saturated carbocycles. The Morgan fingerprint density at radius 1 is 1.00 bits per heavy atom. The van der Waals surface area contributed by atoms with Crippen molar-refractivity contribution in [2.45, 2.75) is 6.10 Å². The number of alkyl carbamates (subject to hydrolysis) is 2. The predicted molar refractivity (Wildman–Crippen MR) is 51.6 cm³/mol. The van der Waals surface area contributed by atoms with Crippen LogP contribution in [0.2, 0.25) is 0 Å². The molecular formula is C8H16N2O5. The van der Waals surface area contributed by atoms with Gasteiger partial charge in [-0.25, -0.2) is 9.59 Å². The fourth-order valence-corrected chi connectivity index (χ4v) is 0.778. The van der Waals surface area contributed by atoms with Gasteiger partial charge in [0.15, 0.2) is 0 Å². The van der Waals surface area contributed by atoms with E-state index in [1.165, 1.54) is 21.3 Å². The summed E-state index contributed by atoms with van der Waals surface area (Å²) in [5.41, 5.74) is 0. The predicted octanol–water partition coefficient (Wildman–Crippen LogP) is -0.287. The third-order valence-electron chi connectivity index (χ3n) is 1.65. The van der Waals surface area contributed by atoms with E-state index in [-0.39, 0.29) is 19.2 Å². The van der Waals surface area contributed by atoms with Crippen LogP contribution in [0.25, 0.3) is 0 Å². The van der Waals surface area contributed by atoms with Crippen LogP contribution in [0.3, 0.4) is 0 Å². The molecule has 7 nitrogen and oxygen atoms in total. The molecule has 0 heterocycles. The average molecular weight is 220 g/mol. The quantitative estimate of drug-likeness (QED) is 0.665. The van der Waals surface area contributed by atoms with Crippen molar-refractivity contribution >= 4 is 12.2 Å². The molecule has 88 valence electrons. The van der Waals surface area contributed by atoms with E-state index in [1.54, 1.807) is 0 Å². The summed E-state index contributed by atoms with van der Waals surface area (Å²) in [7, 11) is 4.01. The van der Waals surface area contributed by atoms with Crippen LogP contribution in [-0.2, 0) is 14.2 Å². The maximum absolute atomic E-state index is 10.7. The molecule has 0 aromatic carbocycles. The molecular weight excluding hydrogens is 204 g/mol. The van der Waals surface area contributed by atoms with Crippen LogP contribution in [0.15, 0.2) is 0 Å². The number of methoxy groups -OCH3 is 3. The second-order valence-electron chi connectivity index (χ2n) is 2.60. The normalized spacial score (nSPS) is 9.60. The van der Waals surface area contributed by atoms with E-state index in [4.69, 9.17) is 4.74 Å². The first-order chi connectivity index (χ1) is 7.13. The minimum Gasteiger partial charge on any atom is -0.453 e. The Bertz CT molecular complexity index is 189. The Kier molecular flexibility index (Phi) is 7.08. The molecule has 0 rings (SSSR count). The van der Waals surface area contributed by atoms with Gasteiger partial charge in [0.05, 0.1) is 20.3 Å². The molecule has 0 aliphatic heterocycles. The number of ether oxygens (including phenoxy) is 3. The van der Waals surface area contributed by atoms with Crippen LogP contribution >= 0.6 is 0 Å². The number of hydrogen-bond donors (Lipinski definition) is 2. The molecule has 0 fully saturated rings. The van der Waals surface area contributed by atoms with Gasteiger partial charge >= 0.3 is 12.2 Å². The lowest BCUT2D eigenvalue weighted by molar-refractivity contribution is 0.0939. The van der Waals surface area contributed by atoms with Crippen molar-refractivity contribution in [1.29, 1.82) is 0 Å². The van der Waals surface area contributed by atoms with Crippen molar-refractivity contribution in [3.63, 3.8) is 0 Å². The summed E-state index contributed by atoms with van der Waals surface area (Å²) in [5, 5.41) is 4.89. The zero-order valence-electron chi connectivity index (χ0n) is 9.03. The third kappa shape index (κ3) is 6.55. The van der Waals surface area contributed by atoms with Gasteiger partial charge in [-0.1, -0.05) is 0 Å². The van der Waals surface area contributed by atoms with E-state index >= 15 is 0 Å². The Morgan fingerprint density at radius 3 is 1.67 bits per heavy atom. The Labute approximate surface area is 88.1 Å². The van der Waals surface area contributed by atoms with Crippen molar-refractivity contribution in [1.82, 2.24) is 10.6 Å². The number of carbonyl (C=O) groups excluding carboxylic acids is 2. The molecule has 0 atom stereocenters. The highest BCUT2D eigenvalue weighted by Gasteiger charge is 2.10. The molecule has 7 heteroatoms. The van der Waals surface area contributed by atoms with Crippen LogP contribution < -0.4 is 10.6 Å². The van der Waals surface area contributed by atoms with Crippen LogP contribution in [0.4, 0.5) is 9.59 Å². The van der Waals surface area contributed by atoms with Gasteiger partial charge in [-0.15, -0.1) is 0 Å². The van der Waals surface area contributed by atoms with Crippen molar-refractivity contribution in [2.24, 2.45) is 0 Å². The molecule has 15 heavy (non-hydrogen) atoms. The molecule has 0 aromatic heterocycles. The van der Waals surface area contributed by atoms with Gasteiger partial charge < -0.3 is 24.8 Å². The molecule has 0 aliphatic rings. The average Bonchev–Trinajstić information content (AvgIpc) is 2.28. The molecule has 0 radical (unpaired) electrons. The van der Waals surface area contributed by atoms with Crippen LogP contribution in [0.1, 0.15) is 0 Å². The number of rotatable bonds is 5. The second-order valence-corrected chi connectivity index (χ2v) is 2.60. The maximum Gasteiger partial charge on any atom is 0.406 e. The fraction of sp³-hybridized carbons (Fsp3) is 0.750. The molecule has 2 N–H and O–H groups in total. The fourth-order valence-electron chi connectivity index (χ4n) is 0.778. The Balaban J connectivity index is 3.73. The summed E-state index contributed by atoms with van der Waals surface area (Å²) in [6.07, 6.45) is -1.42. The van der Waals surface area contributed by atoms with Crippen LogP contribution in [-0.4, -0.2) is 52.7 Å². The third-order valence-corrected chi connectivity index (χ3v) is 1.65. The molecule has 0 saturated heterocycles. The van der Waals surface area contributed by atoms with Gasteiger partial charge in [0.1, 0.15) is 0 Å². The van der Waals surface area contributed by atoms with Crippen molar-refractivity contribution in [3.05, 3.63) is 0 Å². The van der Waals surface area contributed by atoms with E-state index < -0.39 is 12.2 Å². The number of carbonyl (C=O) groups is 2. The monoisotopic (exact) mass is 220 g/mol. The summed E-state index contributed by atoms with van der Waals surface area (Å²) in [4.78, 5) is 21.5. The highest BCUT2D eigenvalue weighted by Crippen LogP contribution is 1.87. The van der Waals surface area contributed by atoms with Gasteiger partial charge in [0.2, 0.25) is 0 Å². The minimum absolute atomic E-state index is 0.243. The Hall–Kier alpha value is -1.50. The van der Waals surface area contributed by atoms with Gasteiger partial charge in [0.25, 0.3) is 0 Å². The topological polar surface area (TPSA) is 85.9 Å². The molecule has 0 aliphatic carbocycles. The van der Waals surface area contributed by atoms with Gasteiger partial charge in [-0.2, -0.15) is 0 Å². The van der Waals surface area contributed by atoms with E-state index in [9.17, 15) is 9.59 Å². The van der Waals surface area contributed by atoms with Crippen molar-refractivity contribution < 1.29 is 23.8 Å². The minimum atomic E-state index is -0.546. The lowest BCUT2D eigenvalue weighted by Crippen LogP contribution is -2.41. The summed E-state index contributed by atoms with van der Waals surface area (Å²) >= 11 is 0. The van der Waals surface area contributed by atoms with E-state index in [1.807, 2.05) is 0 Å². The van der Waals surface area contributed by atoms with E-state index in [0.717, 1.165) is 0 Å².